The molecule has 0 radical (unpaired) electrons. The van der Waals surface area contributed by atoms with Gasteiger partial charge in [-0.05, 0) is 24.3 Å². The van der Waals surface area contributed by atoms with Crippen molar-refractivity contribution in [1.29, 1.82) is 0 Å². The first-order valence-electron chi connectivity index (χ1n) is 6.58. The van der Waals surface area contributed by atoms with E-state index in [-0.39, 0.29) is 0 Å². The molecule has 1 heterocycles. The molecular weight excluding hydrogens is 286 g/mol. The number of hydrogen-bond acceptors (Lipinski definition) is 3. The second-order valence-corrected chi connectivity index (χ2v) is 5.00. The molecule has 0 unspecified atom stereocenters. The van der Waals surface area contributed by atoms with Crippen molar-refractivity contribution in [1.82, 2.24) is 4.98 Å². The zero-order valence-electron chi connectivity index (χ0n) is 11.5. The van der Waals surface area contributed by atoms with Gasteiger partial charge in [0.2, 0.25) is 0 Å². The SMILES string of the molecule is COCc1cc(Cl)c2cccc(Oc3ccccc3)c2n1. The molecule has 0 bridgehead atoms. The maximum absolute atomic E-state index is 6.32. The van der Waals surface area contributed by atoms with E-state index in [0.717, 1.165) is 22.3 Å². The van der Waals surface area contributed by atoms with Gasteiger partial charge in [-0.15, -0.1) is 0 Å². The molecule has 21 heavy (non-hydrogen) atoms. The number of para-hydroxylation sites is 2. The number of rotatable bonds is 4. The van der Waals surface area contributed by atoms with E-state index in [1.807, 2.05) is 54.6 Å². The van der Waals surface area contributed by atoms with Gasteiger partial charge in [0.05, 0.1) is 17.3 Å². The van der Waals surface area contributed by atoms with E-state index in [1.165, 1.54) is 0 Å². The van der Waals surface area contributed by atoms with E-state index in [4.69, 9.17) is 21.1 Å². The fraction of sp³-hybridized carbons (Fsp3) is 0.118. The molecule has 0 saturated carbocycles. The second-order valence-electron chi connectivity index (χ2n) is 4.60. The molecule has 0 aliphatic heterocycles. The van der Waals surface area contributed by atoms with Gasteiger partial charge in [0.15, 0.2) is 5.75 Å². The smallest absolute Gasteiger partial charge is 0.153 e. The number of pyridine rings is 1. The molecule has 0 aliphatic carbocycles. The van der Waals surface area contributed by atoms with Gasteiger partial charge in [0.1, 0.15) is 11.3 Å². The van der Waals surface area contributed by atoms with Crippen molar-refractivity contribution in [2.24, 2.45) is 0 Å². The summed E-state index contributed by atoms with van der Waals surface area (Å²) in [6.45, 7) is 0.412. The van der Waals surface area contributed by atoms with Gasteiger partial charge < -0.3 is 9.47 Å². The number of benzene rings is 2. The average molecular weight is 300 g/mol. The van der Waals surface area contributed by atoms with Gasteiger partial charge in [-0.2, -0.15) is 0 Å². The molecule has 106 valence electrons. The van der Waals surface area contributed by atoms with Crippen molar-refractivity contribution >= 4 is 22.5 Å². The predicted octanol–water partition coefficient (Wildman–Crippen LogP) is 4.83. The van der Waals surface area contributed by atoms with Crippen LogP contribution in [0.1, 0.15) is 5.69 Å². The minimum Gasteiger partial charge on any atom is -0.455 e. The first-order chi connectivity index (χ1) is 10.3. The Morgan fingerprint density at radius 2 is 1.86 bits per heavy atom. The number of halogens is 1. The van der Waals surface area contributed by atoms with Gasteiger partial charge in [-0.3, -0.25) is 0 Å². The molecule has 3 rings (SSSR count). The Balaban J connectivity index is 2.09. The highest BCUT2D eigenvalue weighted by Crippen LogP contribution is 2.32. The summed E-state index contributed by atoms with van der Waals surface area (Å²) in [6.07, 6.45) is 0. The maximum Gasteiger partial charge on any atom is 0.153 e. The van der Waals surface area contributed by atoms with Crippen LogP contribution in [-0.4, -0.2) is 12.1 Å². The summed E-state index contributed by atoms with van der Waals surface area (Å²) in [5, 5.41) is 1.51. The largest absolute Gasteiger partial charge is 0.455 e. The van der Waals surface area contributed by atoms with Gasteiger partial charge in [-0.1, -0.05) is 41.9 Å². The molecule has 0 amide bonds. The molecule has 0 spiro atoms. The molecule has 0 N–H and O–H groups in total. The van der Waals surface area contributed by atoms with Crippen LogP contribution in [0.4, 0.5) is 0 Å². The number of aromatic nitrogens is 1. The lowest BCUT2D eigenvalue weighted by Gasteiger charge is -2.10. The van der Waals surface area contributed by atoms with Crippen molar-refractivity contribution in [3.8, 4) is 11.5 Å². The van der Waals surface area contributed by atoms with Crippen LogP contribution in [0.2, 0.25) is 5.02 Å². The molecule has 3 aromatic rings. The minimum absolute atomic E-state index is 0.412. The van der Waals surface area contributed by atoms with Gasteiger partial charge in [0.25, 0.3) is 0 Å². The molecular formula is C17H14ClNO2. The quantitative estimate of drug-likeness (QED) is 0.691. The monoisotopic (exact) mass is 299 g/mol. The van der Waals surface area contributed by atoms with E-state index in [9.17, 15) is 0 Å². The number of nitrogens with zero attached hydrogens (tertiary/aromatic N) is 1. The van der Waals surface area contributed by atoms with E-state index in [2.05, 4.69) is 4.98 Å². The summed E-state index contributed by atoms with van der Waals surface area (Å²) in [5.74, 6) is 1.44. The highest BCUT2D eigenvalue weighted by molar-refractivity contribution is 6.35. The lowest BCUT2D eigenvalue weighted by atomic mass is 10.2. The summed E-state index contributed by atoms with van der Waals surface area (Å²) in [6, 6.07) is 17.1. The molecule has 1 aromatic heterocycles. The summed E-state index contributed by atoms with van der Waals surface area (Å²) in [4.78, 5) is 4.59. The molecule has 0 aliphatic rings. The van der Waals surface area contributed by atoms with Crippen molar-refractivity contribution in [3.05, 3.63) is 65.3 Å². The third-order valence-corrected chi connectivity index (χ3v) is 3.38. The summed E-state index contributed by atoms with van der Waals surface area (Å²) >= 11 is 6.32. The Kier molecular flexibility index (Phi) is 4.04. The summed E-state index contributed by atoms with van der Waals surface area (Å²) in [5.41, 5.74) is 1.51. The predicted molar refractivity (Wildman–Crippen MR) is 84.0 cm³/mol. The first kappa shape index (κ1) is 13.9. The molecule has 2 aromatic carbocycles. The number of hydrogen-bond donors (Lipinski definition) is 0. The topological polar surface area (TPSA) is 31.4 Å². The van der Waals surface area contributed by atoms with Crippen molar-refractivity contribution < 1.29 is 9.47 Å². The standard InChI is InChI=1S/C17H14ClNO2/c1-20-11-12-10-15(18)14-8-5-9-16(17(14)19-12)21-13-6-3-2-4-7-13/h2-10H,11H2,1H3. The highest BCUT2D eigenvalue weighted by Gasteiger charge is 2.10. The summed E-state index contributed by atoms with van der Waals surface area (Å²) in [7, 11) is 1.63. The molecule has 3 nitrogen and oxygen atoms in total. The zero-order chi connectivity index (χ0) is 14.7. The average Bonchev–Trinajstić information content (AvgIpc) is 2.50. The molecule has 0 atom stereocenters. The molecule has 0 fully saturated rings. The van der Waals surface area contributed by atoms with Crippen molar-refractivity contribution in [2.75, 3.05) is 7.11 Å². The van der Waals surface area contributed by atoms with E-state index in [1.54, 1.807) is 7.11 Å². The second kappa shape index (κ2) is 6.12. The van der Waals surface area contributed by atoms with Crippen LogP contribution in [-0.2, 0) is 11.3 Å². The molecule has 4 heteroatoms. The van der Waals surface area contributed by atoms with Crippen LogP contribution in [0.15, 0.2) is 54.6 Å². The van der Waals surface area contributed by atoms with Crippen LogP contribution in [0, 0.1) is 0 Å². The van der Waals surface area contributed by atoms with E-state index >= 15 is 0 Å². The van der Waals surface area contributed by atoms with Crippen LogP contribution in [0.25, 0.3) is 10.9 Å². The van der Waals surface area contributed by atoms with Gasteiger partial charge in [-0.25, -0.2) is 4.98 Å². The lowest BCUT2D eigenvalue weighted by Crippen LogP contribution is -1.95. The van der Waals surface area contributed by atoms with E-state index in [0.29, 0.717) is 17.4 Å². The Morgan fingerprint density at radius 1 is 1.05 bits per heavy atom. The van der Waals surface area contributed by atoms with Crippen LogP contribution in [0.3, 0.4) is 0 Å². The third-order valence-electron chi connectivity index (χ3n) is 3.07. The maximum atomic E-state index is 6.32. The Morgan fingerprint density at radius 3 is 2.62 bits per heavy atom. The Hall–Kier alpha value is -2.10. The zero-order valence-corrected chi connectivity index (χ0v) is 12.3. The van der Waals surface area contributed by atoms with E-state index < -0.39 is 0 Å². The Labute approximate surface area is 128 Å². The van der Waals surface area contributed by atoms with Crippen LogP contribution >= 0.6 is 11.6 Å². The third kappa shape index (κ3) is 2.99. The summed E-state index contributed by atoms with van der Waals surface area (Å²) < 4.78 is 11.0. The normalized spacial score (nSPS) is 10.8. The molecule has 0 saturated heterocycles. The number of ether oxygens (including phenoxy) is 2. The minimum atomic E-state index is 0.412. The fourth-order valence-electron chi connectivity index (χ4n) is 2.15. The lowest BCUT2D eigenvalue weighted by molar-refractivity contribution is 0.182. The van der Waals surface area contributed by atoms with Gasteiger partial charge in [0, 0.05) is 12.5 Å². The number of fused-ring (bicyclic) bond motifs is 1. The van der Waals surface area contributed by atoms with Crippen molar-refractivity contribution in [3.63, 3.8) is 0 Å². The fourth-order valence-corrected chi connectivity index (χ4v) is 2.43. The van der Waals surface area contributed by atoms with Crippen molar-refractivity contribution in [2.45, 2.75) is 6.61 Å². The number of methoxy groups -OCH3 is 1. The van der Waals surface area contributed by atoms with Crippen LogP contribution in [0.5, 0.6) is 11.5 Å². The Bertz CT molecular complexity index is 759. The van der Waals surface area contributed by atoms with Crippen LogP contribution < -0.4 is 4.74 Å². The highest BCUT2D eigenvalue weighted by atomic mass is 35.5. The first-order valence-corrected chi connectivity index (χ1v) is 6.95. The van der Waals surface area contributed by atoms with Gasteiger partial charge >= 0.3 is 0 Å².